The molecule has 0 radical (unpaired) electrons. The summed E-state index contributed by atoms with van der Waals surface area (Å²) in [6, 6.07) is 10.8. The van der Waals surface area contributed by atoms with E-state index < -0.39 is 0 Å². The van der Waals surface area contributed by atoms with Crippen molar-refractivity contribution in [2.75, 3.05) is 26.2 Å². The number of nitrogens with one attached hydrogen (secondary N) is 1. The number of benzene rings is 2. The van der Waals surface area contributed by atoms with Gasteiger partial charge in [0.25, 0.3) is 11.8 Å². The van der Waals surface area contributed by atoms with Gasteiger partial charge < -0.3 is 10.2 Å². The molecule has 4 rings (SSSR count). The molecular formula is C20H19N3O4. The van der Waals surface area contributed by atoms with Crippen LogP contribution in [0.15, 0.2) is 36.4 Å². The minimum atomic E-state index is -0.325. The molecule has 0 unspecified atom stereocenters. The van der Waals surface area contributed by atoms with Crippen molar-refractivity contribution in [3.8, 4) is 0 Å². The van der Waals surface area contributed by atoms with E-state index in [0.717, 1.165) is 5.39 Å². The largest absolute Gasteiger partial charge is 0.353 e. The van der Waals surface area contributed by atoms with E-state index in [4.69, 9.17) is 0 Å². The number of rotatable bonds is 4. The molecule has 2 aromatic carbocycles. The van der Waals surface area contributed by atoms with Crippen molar-refractivity contribution in [1.29, 1.82) is 0 Å². The summed E-state index contributed by atoms with van der Waals surface area (Å²) >= 11 is 0. The van der Waals surface area contributed by atoms with Crippen molar-refractivity contribution < 1.29 is 19.2 Å². The SMILES string of the molecule is O=C1CN(C(=O)CCCN2C(=O)c3cccc4cccc(c34)C2=O)CCN1. The molecule has 7 heteroatoms. The first-order chi connectivity index (χ1) is 13.1. The Morgan fingerprint density at radius 3 is 2.30 bits per heavy atom. The topological polar surface area (TPSA) is 86.8 Å². The molecule has 1 fully saturated rings. The fraction of sp³-hybridized carbons (Fsp3) is 0.300. The average Bonchev–Trinajstić information content (AvgIpc) is 2.68. The van der Waals surface area contributed by atoms with Crippen LogP contribution in [0.3, 0.4) is 0 Å². The molecule has 138 valence electrons. The number of carbonyl (C=O) groups excluding carboxylic acids is 4. The summed E-state index contributed by atoms with van der Waals surface area (Å²) in [6.45, 7) is 1.18. The van der Waals surface area contributed by atoms with E-state index in [1.807, 2.05) is 12.1 Å². The second kappa shape index (κ2) is 6.83. The summed E-state index contributed by atoms with van der Waals surface area (Å²) in [7, 11) is 0. The quantitative estimate of drug-likeness (QED) is 0.824. The first-order valence-corrected chi connectivity index (χ1v) is 8.98. The van der Waals surface area contributed by atoms with Crippen molar-refractivity contribution >= 4 is 34.4 Å². The lowest BCUT2D eigenvalue weighted by molar-refractivity contribution is -0.138. The van der Waals surface area contributed by atoms with Crippen LogP contribution in [0.2, 0.25) is 0 Å². The monoisotopic (exact) mass is 365 g/mol. The van der Waals surface area contributed by atoms with Gasteiger partial charge in [0.1, 0.15) is 0 Å². The molecule has 2 heterocycles. The summed E-state index contributed by atoms with van der Waals surface area (Å²) in [4.78, 5) is 52.0. The third-order valence-electron chi connectivity index (χ3n) is 5.02. The van der Waals surface area contributed by atoms with Crippen LogP contribution >= 0.6 is 0 Å². The molecule has 0 aromatic heterocycles. The molecule has 27 heavy (non-hydrogen) atoms. The van der Waals surface area contributed by atoms with Crippen LogP contribution in [-0.4, -0.2) is 59.6 Å². The van der Waals surface area contributed by atoms with Crippen LogP contribution in [0, 0.1) is 0 Å². The Morgan fingerprint density at radius 1 is 1.00 bits per heavy atom. The van der Waals surface area contributed by atoms with Gasteiger partial charge >= 0.3 is 0 Å². The summed E-state index contributed by atoms with van der Waals surface area (Å²) in [6.07, 6.45) is 0.558. The Hall–Kier alpha value is -3.22. The molecule has 4 amide bonds. The number of nitrogens with zero attached hydrogens (tertiary/aromatic N) is 2. The van der Waals surface area contributed by atoms with E-state index in [1.54, 1.807) is 24.3 Å². The molecule has 0 spiro atoms. The van der Waals surface area contributed by atoms with Gasteiger partial charge in [0, 0.05) is 42.6 Å². The highest BCUT2D eigenvalue weighted by molar-refractivity contribution is 6.25. The van der Waals surface area contributed by atoms with Crippen LogP contribution < -0.4 is 5.32 Å². The Morgan fingerprint density at radius 2 is 1.67 bits per heavy atom. The minimum Gasteiger partial charge on any atom is -0.353 e. The molecule has 2 aliphatic heterocycles. The van der Waals surface area contributed by atoms with Crippen LogP contribution in [-0.2, 0) is 9.59 Å². The smallest absolute Gasteiger partial charge is 0.261 e. The van der Waals surface area contributed by atoms with Gasteiger partial charge in [-0.25, -0.2) is 0 Å². The number of hydrogen-bond donors (Lipinski definition) is 1. The lowest BCUT2D eigenvalue weighted by atomic mass is 9.94. The van der Waals surface area contributed by atoms with Crippen molar-refractivity contribution in [3.63, 3.8) is 0 Å². The van der Waals surface area contributed by atoms with Crippen LogP contribution in [0.1, 0.15) is 33.6 Å². The summed E-state index contributed by atoms with van der Waals surface area (Å²) < 4.78 is 0. The zero-order chi connectivity index (χ0) is 19.0. The highest BCUT2D eigenvalue weighted by Crippen LogP contribution is 2.30. The fourth-order valence-corrected chi connectivity index (χ4v) is 3.68. The predicted octanol–water partition coefficient (Wildman–Crippen LogP) is 1.17. The van der Waals surface area contributed by atoms with E-state index >= 15 is 0 Å². The molecular weight excluding hydrogens is 346 g/mol. The van der Waals surface area contributed by atoms with E-state index in [1.165, 1.54) is 9.80 Å². The third kappa shape index (κ3) is 3.05. The van der Waals surface area contributed by atoms with Gasteiger partial charge in [0.2, 0.25) is 11.8 Å². The minimum absolute atomic E-state index is 0.0653. The average molecular weight is 365 g/mol. The number of imide groups is 1. The van der Waals surface area contributed by atoms with Gasteiger partial charge in [-0.3, -0.25) is 24.1 Å². The Kier molecular flexibility index (Phi) is 4.35. The highest BCUT2D eigenvalue weighted by Gasteiger charge is 2.32. The van der Waals surface area contributed by atoms with Crippen molar-refractivity contribution in [2.24, 2.45) is 0 Å². The predicted molar refractivity (Wildman–Crippen MR) is 98.1 cm³/mol. The fourth-order valence-electron chi connectivity index (χ4n) is 3.68. The molecule has 0 saturated carbocycles. The number of piperazine rings is 1. The molecule has 0 bridgehead atoms. The second-order valence-electron chi connectivity index (χ2n) is 6.74. The van der Waals surface area contributed by atoms with Crippen LogP contribution in [0.5, 0.6) is 0 Å². The van der Waals surface area contributed by atoms with Gasteiger partial charge in [-0.2, -0.15) is 0 Å². The standard InChI is InChI=1S/C20H19N3O4/c24-16-12-22(11-9-21-16)17(25)8-3-10-23-19(26)14-6-1-4-13-5-2-7-15(18(13)14)20(23)27/h1-2,4-7H,3,8-12H2,(H,21,24). The van der Waals surface area contributed by atoms with Crippen LogP contribution in [0.25, 0.3) is 10.8 Å². The van der Waals surface area contributed by atoms with Crippen molar-refractivity contribution in [3.05, 3.63) is 47.5 Å². The van der Waals surface area contributed by atoms with E-state index in [2.05, 4.69) is 5.32 Å². The summed E-state index contributed by atoms with van der Waals surface area (Å²) in [5, 5.41) is 4.24. The Bertz CT molecular complexity index is 918. The molecule has 0 aliphatic carbocycles. The molecule has 2 aromatic rings. The van der Waals surface area contributed by atoms with Crippen molar-refractivity contribution in [2.45, 2.75) is 12.8 Å². The Labute approximate surface area is 155 Å². The molecule has 1 saturated heterocycles. The number of hydrogen-bond acceptors (Lipinski definition) is 4. The number of carbonyl (C=O) groups is 4. The van der Waals surface area contributed by atoms with Gasteiger partial charge in [0.05, 0.1) is 6.54 Å². The lowest BCUT2D eigenvalue weighted by Gasteiger charge is -2.28. The van der Waals surface area contributed by atoms with E-state index in [9.17, 15) is 19.2 Å². The molecule has 1 N–H and O–H groups in total. The third-order valence-corrected chi connectivity index (χ3v) is 5.02. The maximum absolute atomic E-state index is 12.8. The summed E-state index contributed by atoms with van der Waals surface area (Å²) in [5.74, 6) is -0.951. The highest BCUT2D eigenvalue weighted by atomic mass is 16.2. The van der Waals surface area contributed by atoms with Crippen molar-refractivity contribution in [1.82, 2.24) is 15.1 Å². The van der Waals surface area contributed by atoms with E-state index in [-0.39, 0.29) is 43.1 Å². The molecule has 0 atom stereocenters. The normalized spacial score (nSPS) is 16.7. The van der Waals surface area contributed by atoms with Gasteiger partial charge in [-0.1, -0.05) is 24.3 Å². The van der Waals surface area contributed by atoms with Gasteiger partial charge in [-0.15, -0.1) is 0 Å². The zero-order valence-electron chi connectivity index (χ0n) is 14.7. The van der Waals surface area contributed by atoms with E-state index in [0.29, 0.717) is 36.0 Å². The Balaban J connectivity index is 1.46. The summed E-state index contributed by atoms with van der Waals surface area (Å²) in [5.41, 5.74) is 1.03. The first-order valence-electron chi connectivity index (χ1n) is 8.98. The maximum Gasteiger partial charge on any atom is 0.261 e. The van der Waals surface area contributed by atoms with Gasteiger partial charge in [0.15, 0.2) is 0 Å². The molecule has 2 aliphatic rings. The maximum atomic E-state index is 12.8. The first kappa shape index (κ1) is 17.2. The lowest BCUT2D eigenvalue weighted by Crippen LogP contribution is -2.50. The van der Waals surface area contributed by atoms with Crippen LogP contribution in [0.4, 0.5) is 0 Å². The van der Waals surface area contributed by atoms with Gasteiger partial charge in [-0.05, 0) is 23.9 Å². The second-order valence-corrected chi connectivity index (χ2v) is 6.74. The number of amides is 4. The zero-order valence-corrected chi connectivity index (χ0v) is 14.7. The molecule has 7 nitrogen and oxygen atoms in total.